The SMILES string of the molecule is CCCCC(=O)N1CCCN(C(=O)CC(C)C)CC1. The van der Waals surface area contributed by atoms with Gasteiger partial charge in [0.25, 0.3) is 0 Å². The lowest BCUT2D eigenvalue weighted by atomic mass is 10.1. The van der Waals surface area contributed by atoms with Crippen molar-refractivity contribution in [3.63, 3.8) is 0 Å². The fourth-order valence-electron chi connectivity index (χ4n) is 2.38. The van der Waals surface area contributed by atoms with Crippen LogP contribution in [0.4, 0.5) is 0 Å². The molecule has 4 nitrogen and oxygen atoms in total. The molecule has 0 atom stereocenters. The molecule has 1 aliphatic rings. The first kappa shape index (κ1) is 16.0. The molecule has 0 bridgehead atoms. The number of rotatable bonds is 5. The first-order valence-corrected chi connectivity index (χ1v) is 7.60. The van der Waals surface area contributed by atoms with E-state index in [0.29, 0.717) is 31.8 Å². The second-order valence-electron chi connectivity index (χ2n) is 5.82. The fraction of sp³-hybridized carbons (Fsp3) is 0.867. The summed E-state index contributed by atoms with van der Waals surface area (Å²) in [6, 6.07) is 0. The lowest BCUT2D eigenvalue weighted by molar-refractivity contribution is -0.134. The maximum atomic E-state index is 12.0. The number of amides is 2. The maximum Gasteiger partial charge on any atom is 0.222 e. The van der Waals surface area contributed by atoms with E-state index in [2.05, 4.69) is 20.8 Å². The summed E-state index contributed by atoms with van der Waals surface area (Å²) in [4.78, 5) is 27.9. The van der Waals surface area contributed by atoms with Crippen molar-refractivity contribution < 1.29 is 9.59 Å². The number of carbonyl (C=O) groups excluding carboxylic acids is 2. The summed E-state index contributed by atoms with van der Waals surface area (Å²) in [5.41, 5.74) is 0. The highest BCUT2D eigenvalue weighted by Gasteiger charge is 2.21. The molecular formula is C15H28N2O2. The first-order valence-electron chi connectivity index (χ1n) is 7.60. The van der Waals surface area contributed by atoms with Gasteiger partial charge in [-0.1, -0.05) is 27.2 Å². The van der Waals surface area contributed by atoms with E-state index in [1.54, 1.807) is 0 Å². The predicted molar refractivity (Wildman–Crippen MR) is 76.8 cm³/mol. The van der Waals surface area contributed by atoms with Crippen LogP contribution >= 0.6 is 0 Å². The summed E-state index contributed by atoms with van der Waals surface area (Å²) in [5, 5.41) is 0. The Balaban J connectivity index is 2.42. The average Bonchev–Trinajstić information content (AvgIpc) is 2.60. The Morgan fingerprint density at radius 3 is 2.11 bits per heavy atom. The van der Waals surface area contributed by atoms with Crippen molar-refractivity contribution in [1.29, 1.82) is 0 Å². The summed E-state index contributed by atoms with van der Waals surface area (Å²) < 4.78 is 0. The quantitative estimate of drug-likeness (QED) is 0.767. The zero-order chi connectivity index (χ0) is 14.3. The van der Waals surface area contributed by atoms with Crippen LogP contribution in [0.2, 0.25) is 0 Å². The Hall–Kier alpha value is -1.06. The molecule has 19 heavy (non-hydrogen) atoms. The van der Waals surface area contributed by atoms with Gasteiger partial charge in [0.05, 0.1) is 0 Å². The molecule has 0 aromatic carbocycles. The van der Waals surface area contributed by atoms with E-state index in [-0.39, 0.29) is 11.8 Å². The van der Waals surface area contributed by atoms with Gasteiger partial charge in [-0.3, -0.25) is 9.59 Å². The molecule has 1 rings (SSSR count). The Labute approximate surface area is 117 Å². The van der Waals surface area contributed by atoms with E-state index in [1.807, 2.05) is 9.80 Å². The highest BCUT2D eigenvalue weighted by Crippen LogP contribution is 2.10. The molecule has 0 aromatic heterocycles. The maximum absolute atomic E-state index is 12.0. The number of unbranched alkanes of at least 4 members (excludes halogenated alkanes) is 1. The summed E-state index contributed by atoms with van der Waals surface area (Å²) in [6.45, 7) is 9.22. The summed E-state index contributed by atoms with van der Waals surface area (Å²) in [7, 11) is 0. The van der Waals surface area contributed by atoms with E-state index < -0.39 is 0 Å². The van der Waals surface area contributed by atoms with Crippen molar-refractivity contribution in [2.45, 2.75) is 52.9 Å². The minimum Gasteiger partial charge on any atom is -0.341 e. The molecule has 1 fully saturated rings. The van der Waals surface area contributed by atoms with Gasteiger partial charge in [-0.2, -0.15) is 0 Å². The van der Waals surface area contributed by atoms with Gasteiger partial charge < -0.3 is 9.80 Å². The summed E-state index contributed by atoms with van der Waals surface area (Å²) >= 11 is 0. The minimum absolute atomic E-state index is 0.234. The molecule has 0 saturated carbocycles. The lowest BCUT2D eigenvalue weighted by Gasteiger charge is -2.22. The van der Waals surface area contributed by atoms with E-state index in [4.69, 9.17) is 0 Å². The van der Waals surface area contributed by atoms with Crippen molar-refractivity contribution in [3.05, 3.63) is 0 Å². The molecular weight excluding hydrogens is 240 g/mol. The third-order valence-corrected chi connectivity index (χ3v) is 3.53. The van der Waals surface area contributed by atoms with Gasteiger partial charge in [0, 0.05) is 39.0 Å². The van der Waals surface area contributed by atoms with Crippen LogP contribution in [-0.2, 0) is 9.59 Å². The van der Waals surface area contributed by atoms with Gasteiger partial charge in [0.2, 0.25) is 11.8 Å². The second kappa shape index (κ2) is 8.18. The zero-order valence-corrected chi connectivity index (χ0v) is 12.7. The van der Waals surface area contributed by atoms with Crippen LogP contribution in [0.3, 0.4) is 0 Å². The van der Waals surface area contributed by atoms with Crippen molar-refractivity contribution in [2.75, 3.05) is 26.2 Å². The fourth-order valence-corrected chi connectivity index (χ4v) is 2.38. The Kier molecular flexibility index (Phi) is 6.89. The molecule has 110 valence electrons. The van der Waals surface area contributed by atoms with Crippen molar-refractivity contribution in [1.82, 2.24) is 9.80 Å². The van der Waals surface area contributed by atoms with Crippen LogP contribution in [0.25, 0.3) is 0 Å². The average molecular weight is 268 g/mol. The van der Waals surface area contributed by atoms with Crippen LogP contribution in [0.15, 0.2) is 0 Å². The molecule has 0 radical (unpaired) electrons. The van der Waals surface area contributed by atoms with Crippen LogP contribution in [0, 0.1) is 5.92 Å². The molecule has 1 saturated heterocycles. The molecule has 0 aromatic rings. The molecule has 0 spiro atoms. The highest BCUT2D eigenvalue weighted by molar-refractivity contribution is 5.77. The molecule has 0 unspecified atom stereocenters. The van der Waals surface area contributed by atoms with Crippen LogP contribution in [0.5, 0.6) is 0 Å². The van der Waals surface area contributed by atoms with Crippen LogP contribution in [0.1, 0.15) is 52.9 Å². The van der Waals surface area contributed by atoms with Crippen molar-refractivity contribution in [2.24, 2.45) is 5.92 Å². The predicted octanol–water partition coefficient (Wildman–Crippen LogP) is 2.28. The van der Waals surface area contributed by atoms with Gasteiger partial charge in [-0.15, -0.1) is 0 Å². The van der Waals surface area contributed by atoms with Crippen LogP contribution in [-0.4, -0.2) is 47.8 Å². The van der Waals surface area contributed by atoms with Crippen molar-refractivity contribution >= 4 is 11.8 Å². The van der Waals surface area contributed by atoms with Gasteiger partial charge in [0.1, 0.15) is 0 Å². The lowest BCUT2D eigenvalue weighted by Crippen LogP contribution is -2.37. The number of hydrogen-bond donors (Lipinski definition) is 0. The number of hydrogen-bond acceptors (Lipinski definition) is 2. The topological polar surface area (TPSA) is 40.6 Å². The Morgan fingerprint density at radius 1 is 1.00 bits per heavy atom. The molecule has 0 N–H and O–H groups in total. The summed E-state index contributed by atoms with van der Waals surface area (Å²) in [5.74, 6) is 0.885. The van der Waals surface area contributed by atoms with E-state index in [9.17, 15) is 9.59 Å². The van der Waals surface area contributed by atoms with Gasteiger partial charge in [0.15, 0.2) is 0 Å². The van der Waals surface area contributed by atoms with E-state index in [0.717, 1.165) is 32.4 Å². The normalized spacial score (nSPS) is 16.6. The monoisotopic (exact) mass is 268 g/mol. The molecule has 0 aliphatic carbocycles. The molecule has 2 amide bonds. The van der Waals surface area contributed by atoms with Gasteiger partial charge in [-0.05, 0) is 18.8 Å². The third-order valence-electron chi connectivity index (χ3n) is 3.53. The number of nitrogens with zero attached hydrogens (tertiary/aromatic N) is 2. The Morgan fingerprint density at radius 2 is 1.58 bits per heavy atom. The van der Waals surface area contributed by atoms with Crippen LogP contribution < -0.4 is 0 Å². The molecule has 4 heteroatoms. The minimum atomic E-state index is 0.234. The largest absolute Gasteiger partial charge is 0.341 e. The van der Waals surface area contributed by atoms with E-state index >= 15 is 0 Å². The number of carbonyl (C=O) groups is 2. The standard InChI is InChI=1S/C15H28N2O2/c1-4-5-7-14(18)16-8-6-9-17(11-10-16)15(19)12-13(2)3/h13H,4-12H2,1-3H3. The molecule has 1 aliphatic heterocycles. The Bertz CT molecular complexity index is 303. The van der Waals surface area contributed by atoms with Gasteiger partial charge in [-0.25, -0.2) is 0 Å². The summed E-state index contributed by atoms with van der Waals surface area (Å²) in [6.07, 6.45) is 4.19. The third kappa shape index (κ3) is 5.62. The van der Waals surface area contributed by atoms with E-state index in [1.165, 1.54) is 0 Å². The first-order chi connectivity index (χ1) is 9.04. The van der Waals surface area contributed by atoms with Crippen molar-refractivity contribution in [3.8, 4) is 0 Å². The highest BCUT2D eigenvalue weighted by atomic mass is 16.2. The zero-order valence-electron chi connectivity index (χ0n) is 12.7. The smallest absolute Gasteiger partial charge is 0.222 e. The van der Waals surface area contributed by atoms with Gasteiger partial charge >= 0.3 is 0 Å². The molecule has 1 heterocycles. The second-order valence-corrected chi connectivity index (χ2v) is 5.82.